The molecule has 0 fully saturated rings. The van der Waals surface area contributed by atoms with Crippen LogP contribution in [0.2, 0.25) is 0 Å². The molecule has 2 aromatic rings. The third kappa shape index (κ3) is 3.22. The molecule has 1 atom stereocenters. The molecule has 0 heterocycles. The van der Waals surface area contributed by atoms with E-state index in [1.807, 2.05) is 0 Å². The van der Waals surface area contributed by atoms with Crippen LogP contribution in [-0.2, 0) is 11.0 Å². The number of rotatable bonds is 3. The maximum absolute atomic E-state index is 12.7. The molecule has 6 heteroatoms. The number of primary amides is 1. The van der Waals surface area contributed by atoms with E-state index < -0.39 is 23.8 Å². The molecule has 0 aromatic heterocycles. The highest BCUT2D eigenvalue weighted by molar-refractivity contribution is 5.83. The molecule has 2 rings (SSSR count). The van der Waals surface area contributed by atoms with Gasteiger partial charge in [0, 0.05) is 0 Å². The molecule has 21 heavy (non-hydrogen) atoms. The second-order valence-electron chi connectivity index (χ2n) is 4.47. The number of hydrogen-bond donors (Lipinski definition) is 2. The normalized spacial score (nSPS) is 13.0. The predicted octanol–water partition coefficient (Wildman–Crippen LogP) is 2.89. The third-order valence-corrected chi connectivity index (χ3v) is 3.03. The Morgan fingerprint density at radius 3 is 2.38 bits per heavy atom. The Kier molecular flexibility index (Phi) is 3.99. The Hall–Kier alpha value is -2.34. The SMILES string of the molecule is NC(=O)C(O)c1ccccc1-c1cccc(C(F)(F)F)c1. The van der Waals surface area contributed by atoms with E-state index in [0.717, 1.165) is 12.1 Å². The first kappa shape index (κ1) is 15.1. The van der Waals surface area contributed by atoms with Gasteiger partial charge in [0.15, 0.2) is 6.10 Å². The fourth-order valence-corrected chi connectivity index (χ4v) is 2.01. The number of nitrogens with two attached hydrogens (primary N) is 1. The third-order valence-electron chi connectivity index (χ3n) is 3.03. The Morgan fingerprint density at radius 1 is 1.10 bits per heavy atom. The number of benzene rings is 2. The summed E-state index contributed by atoms with van der Waals surface area (Å²) in [5, 5.41) is 9.77. The van der Waals surface area contributed by atoms with Crippen LogP contribution in [0.15, 0.2) is 48.5 Å². The van der Waals surface area contributed by atoms with Gasteiger partial charge in [-0.25, -0.2) is 0 Å². The van der Waals surface area contributed by atoms with Crippen molar-refractivity contribution in [3.8, 4) is 11.1 Å². The highest BCUT2D eigenvalue weighted by Crippen LogP contribution is 2.34. The van der Waals surface area contributed by atoms with Crippen molar-refractivity contribution in [3.05, 3.63) is 59.7 Å². The summed E-state index contributed by atoms with van der Waals surface area (Å²) >= 11 is 0. The van der Waals surface area contributed by atoms with Crippen molar-refractivity contribution >= 4 is 5.91 Å². The van der Waals surface area contributed by atoms with E-state index in [4.69, 9.17) is 5.73 Å². The highest BCUT2D eigenvalue weighted by atomic mass is 19.4. The smallest absolute Gasteiger partial charge is 0.378 e. The summed E-state index contributed by atoms with van der Waals surface area (Å²) < 4.78 is 38.2. The number of alkyl halides is 3. The Bertz CT molecular complexity index is 668. The summed E-state index contributed by atoms with van der Waals surface area (Å²) in [5.41, 5.74) is 4.99. The van der Waals surface area contributed by atoms with Gasteiger partial charge in [0.25, 0.3) is 5.91 Å². The lowest BCUT2D eigenvalue weighted by atomic mass is 9.95. The molecular formula is C15H12F3NO2. The molecule has 0 bridgehead atoms. The van der Waals surface area contributed by atoms with Crippen LogP contribution in [0.3, 0.4) is 0 Å². The average Bonchev–Trinajstić information content (AvgIpc) is 2.45. The number of aliphatic hydroxyl groups is 1. The molecule has 110 valence electrons. The Morgan fingerprint density at radius 2 is 1.76 bits per heavy atom. The molecule has 1 amide bonds. The molecule has 0 aliphatic carbocycles. The molecular weight excluding hydrogens is 283 g/mol. The van der Waals surface area contributed by atoms with Crippen molar-refractivity contribution in [1.29, 1.82) is 0 Å². The lowest BCUT2D eigenvalue weighted by Gasteiger charge is -2.14. The molecule has 1 unspecified atom stereocenters. The van der Waals surface area contributed by atoms with Crippen LogP contribution in [0.4, 0.5) is 13.2 Å². The molecule has 0 saturated carbocycles. The minimum Gasteiger partial charge on any atom is -0.378 e. The quantitative estimate of drug-likeness (QED) is 0.914. The van der Waals surface area contributed by atoms with Gasteiger partial charge < -0.3 is 10.8 Å². The van der Waals surface area contributed by atoms with Gasteiger partial charge in [0.05, 0.1) is 5.56 Å². The standard InChI is InChI=1S/C15H12F3NO2/c16-15(17,18)10-5-3-4-9(8-10)11-6-1-2-7-12(11)13(20)14(19)21/h1-8,13,20H,(H2,19,21). The molecule has 0 saturated heterocycles. The number of carbonyl (C=O) groups is 1. The zero-order valence-corrected chi connectivity index (χ0v) is 10.8. The largest absolute Gasteiger partial charge is 0.416 e. The average molecular weight is 295 g/mol. The topological polar surface area (TPSA) is 63.3 Å². The van der Waals surface area contributed by atoms with Crippen LogP contribution in [0.1, 0.15) is 17.2 Å². The molecule has 0 aliphatic rings. The van der Waals surface area contributed by atoms with Gasteiger partial charge in [-0.2, -0.15) is 13.2 Å². The molecule has 0 radical (unpaired) electrons. The van der Waals surface area contributed by atoms with Crippen LogP contribution in [0.5, 0.6) is 0 Å². The van der Waals surface area contributed by atoms with E-state index in [1.165, 1.54) is 24.3 Å². The monoisotopic (exact) mass is 295 g/mol. The van der Waals surface area contributed by atoms with Gasteiger partial charge in [-0.3, -0.25) is 4.79 Å². The van der Waals surface area contributed by atoms with Gasteiger partial charge in [-0.05, 0) is 28.8 Å². The lowest BCUT2D eigenvalue weighted by Crippen LogP contribution is -2.21. The minimum absolute atomic E-state index is 0.171. The van der Waals surface area contributed by atoms with Crippen LogP contribution < -0.4 is 5.73 Å². The van der Waals surface area contributed by atoms with Crippen molar-refractivity contribution in [3.63, 3.8) is 0 Å². The van der Waals surface area contributed by atoms with E-state index >= 15 is 0 Å². The van der Waals surface area contributed by atoms with E-state index in [2.05, 4.69) is 0 Å². The van der Waals surface area contributed by atoms with Crippen LogP contribution >= 0.6 is 0 Å². The maximum atomic E-state index is 12.7. The first-order valence-electron chi connectivity index (χ1n) is 6.04. The van der Waals surface area contributed by atoms with Crippen molar-refractivity contribution < 1.29 is 23.1 Å². The summed E-state index contributed by atoms with van der Waals surface area (Å²) in [7, 11) is 0. The van der Waals surface area contributed by atoms with Crippen molar-refractivity contribution in [2.75, 3.05) is 0 Å². The second kappa shape index (κ2) is 5.57. The highest BCUT2D eigenvalue weighted by Gasteiger charge is 2.30. The summed E-state index contributed by atoms with van der Waals surface area (Å²) in [6.07, 6.45) is -6.04. The first-order valence-corrected chi connectivity index (χ1v) is 6.04. The lowest BCUT2D eigenvalue weighted by molar-refractivity contribution is -0.137. The summed E-state index contributed by atoms with van der Waals surface area (Å²) in [6.45, 7) is 0. The number of amides is 1. The molecule has 0 spiro atoms. The summed E-state index contributed by atoms with van der Waals surface area (Å²) in [5.74, 6) is -0.963. The fraction of sp³-hybridized carbons (Fsp3) is 0.133. The number of aliphatic hydroxyl groups excluding tert-OH is 1. The zero-order chi connectivity index (χ0) is 15.6. The Balaban J connectivity index is 2.55. The van der Waals surface area contributed by atoms with Gasteiger partial charge >= 0.3 is 6.18 Å². The van der Waals surface area contributed by atoms with Gasteiger partial charge in [-0.15, -0.1) is 0 Å². The number of carbonyl (C=O) groups excluding carboxylic acids is 1. The van der Waals surface area contributed by atoms with Gasteiger partial charge in [0.1, 0.15) is 0 Å². The number of hydrogen-bond acceptors (Lipinski definition) is 2. The zero-order valence-electron chi connectivity index (χ0n) is 10.8. The van der Waals surface area contributed by atoms with Crippen molar-refractivity contribution in [1.82, 2.24) is 0 Å². The van der Waals surface area contributed by atoms with E-state index in [0.29, 0.717) is 5.56 Å². The fourth-order valence-electron chi connectivity index (χ4n) is 2.01. The van der Waals surface area contributed by atoms with E-state index in [-0.39, 0.29) is 11.1 Å². The van der Waals surface area contributed by atoms with E-state index in [9.17, 15) is 23.1 Å². The second-order valence-corrected chi connectivity index (χ2v) is 4.47. The van der Waals surface area contributed by atoms with Crippen LogP contribution in [0, 0.1) is 0 Å². The van der Waals surface area contributed by atoms with Crippen molar-refractivity contribution in [2.24, 2.45) is 5.73 Å². The van der Waals surface area contributed by atoms with Crippen molar-refractivity contribution in [2.45, 2.75) is 12.3 Å². The molecule has 3 nitrogen and oxygen atoms in total. The van der Waals surface area contributed by atoms with Gasteiger partial charge in [-0.1, -0.05) is 36.4 Å². The van der Waals surface area contributed by atoms with Gasteiger partial charge in [0.2, 0.25) is 0 Å². The minimum atomic E-state index is -4.47. The first-order chi connectivity index (χ1) is 9.80. The molecule has 3 N–H and O–H groups in total. The Labute approximate surface area is 118 Å². The molecule has 2 aromatic carbocycles. The van der Waals surface area contributed by atoms with Crippen LogP contribution in [-0.4, -0.2) is 11.0 Å². The predicted molar refractivity (Wildman–Crippen MR) is 71.0 cm³/mol. The summed E-state index contributed by atoms with van der Waals surface area (Å²) in [6, 6.07) is 10.8. The summed E-state index contributed by atoms with van der Waals surface area (Å²) in [4.78, 5) is 11.1. The number of halogens is 3. The van der Waals surface area contributed by atoms with Crippen LogP contribution in [0.25, 0.3) is 11.1 Å². The van der Waals surface area contributed by atoms with E-state index in [1.54, 1.807) is 12.1 Å². The molecule has 0 aliphatic heterocycles. The maximum Gasteiger partial charge on any atom is 0.416 e.